The molecule has 208 valence electrons. The molecule has 1 aromatic rings. The first kappa shape index (κ1) is 32.4. The molecule has 0 fully saturated rings. The van der Waals surface area contributed by atoms with Crippen molar-refractivity contribution in [3.63, 3.8) is 0 Å². The number of ether oxygens (including phenoxy) is 6. The van der Waals surface area contributed by atoms with Gasteiger partial charge in [0.2, 0.25) is 0 Å². The molecule has 0 radical (unpaired) electrons. The van der Waals surface area contributed by atoms with Gasteiger partial charge in [-0.05, 0) is 51.3 Å². The molecule has 0 saturated carbocycles. The number of aryl methyl sites for hydroxylation is 1. The summed E-state index contributed by atoms with van der Waals surface area (Å²) in [4.78, 5) is 11.5. The summed E-state index contributed by atoms with van der Waals surface area (Å²) < 4.78 is 32.5. The van der Waals surface area contributed by atoms with Crippen LogP contribution in [0.25, 0.3) is 0 Å². The fourth-order valence-electron chi connectivity index (χ4n) is 3.44. The van der Waals surface area contributed by atoms with E-state index in [4.69, 9.17) is 28.4 Å². The Balaban J connectivity index is 1.86. The largest absolute Gasteiger partial charge is 0.491 e. The van der Waals surface area contributed by atoms with E-state index in [9.17, 15) is 4.79 Å². The summed E-state index contributed by atoms with van der Waals surface area (Å²) in [7, 11) is 0. The minimum atomic E-state index is -0.496. The van der Waals surface area contributed by atoms with Gasteiger partial charge in [0.25, 0.3) is 0 Å². The molecule has 0 bridgehead atoms. The van der Waals surface area contributed by atoms with Gasteiger partial charge in [-0.25, -0.2) is 4.79 Å². The second-order valence-electron chi connectivity index (χ2n) is 9.84. The summed E-state index contributed by atoms with van der Waals surface area (Å²) in [6.45, 7) is 11.4. The van der Waals surface area contributed by atoms with Gasteiger partial charge in [-0.15, -0.1) is 0 Å². The zero-order chi connectivity index (χ0) is 26.3. The molecule has 1 aromatic carbocycles. The molecule has 0 aliphatic heterocycles. The van der Waals surface area contributed by atoms with Crippen LogP contribution in [0, 0.1) is 0 Å². The molecule has 0 atom stereocenters. The van der Waals surface area contributed by atoms with E-state index in [1.807, 2.05) is 32.9 Å². The molecule has 0 unspecified atom stereocenters. The average molecular weight is 511 g/mol. The normalized spacial score (nSPS) is 11.6. The Morgan fingerprint density at radius 3 is 1.72 bits per heavy atom. The molecule has 7 heteroatoms. The highest BCUT2D eigenvalue weighted by Crippen LogP contribution is 2.15. The highest BCUT2D eigenvalue weighted by molar-refractivity contribution is 5.71. The summed E-state index contributed by atoms with van der Waals surface area (Å²) in [5, 5.41) is 0. The van der Waals surface area contributed by atoms with Gasteiger partial charge >= 0.3 is 5.97 Å². The Hall–Kier alpha value is -1.67. The van der Waals surface area contributed by atoms with E-state index in [0.717, 1.165) is 12.2 Å². The molecular formula is C29H50O7. The maximum atomic E-state index is 11.5. The maximum absolute atomic E-state index is 11.5. The van der Waals surface area contributed by atoms with Crippen LogP contribution in [-0.2, 0) is 34.9 Å². The molecule has 0 heterocycles. The number of hydrogen-bond donors (Lipinski definition) is 0. The van der Waals surface area contributed by atoms with E-state index in [1.54, 1.807) is 0 Å². The zero-order valence-electron chi connectivity index (χ0n) is 23.2. The third-order valence-electron chi connectivity index (χ3n) is 5.24. The lowest BCUT2D eigenvalue weighted by Crippen LogP contribution is -2.27. The van der Waals surface area contributed by atoms with E-state index in [-0.39, 0.29) is 12.6 Å². The van der Waals surface area contributed by atoms with Crippen molar-refractivity contribution >= 4 is 5.97 Å². The molecule has 7 nitrogen and oxygen atoms in total. The lowest BCUT2D eigenvalue weighted by Gasteiger charge is -2.19. The van der Waals surface area contributed by atoms with Crippen molar-refractivity contribution in [3.8, 4) is 5.75 Å². The van der Waals surface area contributed by atoms with E-state index >= 15 is 0 Å². The topological polar surface area (TPSA) is 72.5 Å². The minimum absolute atomic E-state index is 0.0667. The Kier molecular flexibility index (Phi) is 19.3. The molecule has 36 heavy (non-hydrogen) atoms. The standard InChI is InChI=1S/C29H50O7/c1-5-6-7-8-9-10-11-12-26-13-15-27(16-14-26)35-24-23-33-20-19-31-17-18-32-21-22-34-25-28(30)36-29(2,3)4/h13-16H,5-12,17-25H2,1-4H3. The van der Waals surface area contributed by atoms with E-state index in [1.165, 1.54) is 50.5 Å². The molecule has 0 N–H and O–H groups in total. The summed E-state index contributed by atoms with van der Waals surface area (Å²) in [5.74, 6) is 0.508. The monoisotopic (exact) mass is 510 g/mol. The second-order valence-corrected chi connectivity index (χ2v) is 9.84. The van der Waals surface area contributed by atoms with E-state index < -0.39 is 5.60 Å². The van der Waals surface area contributed by atoms with Crippen molar-refractivity contribution in [2.45, 2.75) is 84.7 Å². The molecule has 0 spiro atoms. The highest BCUT2D eigenvalue weighted by Gasteiger charge is 2.15. The lowest BCUT2D eigenvalue weighted by molar-refractivity contribution is -0.160. The fourth-order valence-corrected chi connectivity index (χ4v) is 3.44. The molecule has 0 aromatic heterocycles. The van der Waals surface area contributed by atoms with Crippen LogP contribution in [0.2, 0.25) is 0 Å². The number of unbranched alkanes of at least 4 members (excludes halogenated alkanes) is 6. The Bertz CT molecular complexity index is 640. The van der Waals surface area contributed by atoms with Gasteiger partial charge in [-0.3, -0.25) is 0 Å². The van der Waals surface area contributed by atoms with Gasteiger partial charge in [-0.2, -0.15) is 0 Å². The Morgan fingerprint density at radius 1 is 0.667 bits per heavy atom. The number of hydrogen-bond acceptors (Lipinski definition) is 7. The van der Waals surface area contributed by atoms with Crippen molar-refractivity contribution < 1.29 is 33.2 Å². The van der Waals surface area contributed by atoms with Crippen LogP contribution in [0.1, 0.15) is 78.2 Å². The Labute approximate surface area is 219 Å². The highest BCUT2D eigenvalue weighted by atomic mass is 16.6. The van der Waals surface area contributed by atoms with Crippen molar-refractivity contribution in [3.05, 3.63) is 29.8 Å². The molecule has 1 rings (SSSR count). The van der Waals surface area contributed by atoms with Gasteiger partial charge in [-0.1, -0.05) is 57.6 Å². The van der Waals surface area contributed by atoms with Crippen molar-refractivity contribution in [1.82, 2.24) is 0 Å². The summed E-state index contributed by atoms with van der Waals surface area (Å²) in [6, 6.07) is 8.41. The first-order valence-electron chi connectivity index (χ1n) is 13.7. The van der Waals surface area contributed by atoms with E-state index in [0.29, 0.717) is 52.9 Å². The van der Waals surface area contributed by atoms with Crippen LogP contribution in [0.3, 0.4) is 0 Å². The van der Waals surface area contributed by atoms with Crippen LogP contribution >= 0.6 is 0 Å². The predicted octanol–water partition coefficient (Wildman–Crippen LogP) is 5.77. The molecule has 0 aliphatic rings. The Morgan fingerprint density at radius 2 is 1.17 bits per heavy atom. The van der Waals surface area contributed by atoms with Crippen molar-refractivity contribution in [2.24, 2.45) is 0 Å². The summed E-state index contributed by atoms with van der Waals surface area (Å²) >= 11 is 0. The number of rotatable bonds is 23. The molecule has 0 amide bonds. The molecule has 0 saturated heterocycles. The number of esters is 1. The lowest BCUT2D eigenvalue weighted by atomic mass is 10.0. The van der Waals surface area contributed by atoms with Crippen LogP contribution in [-0.4, -0.2) is 71.0 Å². The predicted molar refractivity (Wildman–Crippen MR) is 143 cm³/mol. The van der Waals surface area contributed by atoms with Gasteiger partial charge < -0.3 is 28.4 Å². The molecular weight excluding hydrogens is 460 g/mol. The third-order valence-corrected chi connectivity index (χ3v) is 5.24. The first-order valence-corrected chi connectivity index (χ1v) is 13.7. The van der Waals surface area contributed by atoms with Crippen LogP contribution < -0.4 is 4.74 Å². The maximum Gasteiger partial charge on any atom is 0.332 e. The third kappa shape index (κ3) is 20.5. The number of carbonyl (C=O) groups excluding carboxylic acids is 1. The number of carbonyl (C=O) groups is 1. The van der Waals surface area contributed by atoms with Crippen LogP contribution in [0.5, 0.6) is 5.75 Å². The molecule has 0 aliphatic carbocycles. The average Bonchev–Trinajstić information content (AvgIpc) is 2.83. The van der Waals surface area contributed by atoms with Crippen LogP contribution in [0.15, 0.2) is 24.3 Å². The van der Waals surface area contributed by atoms with E-state index in [2.05, 4.69) is 19.1 Å². The zero-order valence-corrected chi connectivity index (χ0v) is 23.2. The fraction of sp³-hybridized carbons (Fsp3) is 0.759. The van der Waals surface area contributed by atoms with Gasteiger partial charge in [0.1, 0.15) is 24.6 Å². The number of benzene rings is 1. The first-order chi connectivity index (χ1) is 17.4. The van der Waals surface area contributed by atoms with Gasteiger partial charge in [0.15, 0.2) is 0 Å². The minimum Gasteiger partial charge on any atom is -0.491 e. The summed E-state index contributed by atoms with van der Waals surface area (Å²) in [6.07, 6.45) is 10.5. The van der Waals surface area contributed by atoms with Gasteiger partial charge in [0, 0.05) is 0 Å². The van der Waals surface area contributed by atoms with Crippen LogP contribution in [0.4, 0.5) is 0 Å². The van der Waals surface area contributed by atoms with Crippen molar-refractivity contribution in [2.75, 3.05) is 59.5 Å². The van der Waals surface area contributed by atoms with Crippen molar-refractivity contribution in [1.29, 1.82) is 0 Å². The van der Waals surface area contributed by atoms with Gasteiger partial charge in [0.05, 0.1) is 46.2 Å². The summed E-state index contributed by atoms with van der Waals surface area (Å²) in [5.41, 5.74) is 0.880. The second kappa shape index (κ2) is 21.4. The quantitative estimate of drug-likeness (QED) is 0.137. The smallest absolute Gasteiger partial charge is 0.332 e. The SMILES string of the molecule is CCCCCCCCCc1ccc(OCCOCCOCCOCCOCC(=O)OC(C)(C)C)cc1.